The maximum absolute atomic E-state index is 10.8. The summed E-state index contributed by atoms with van der Waals surface area (Å²) in [6, 6.07) is 0. The minimum absolute atomic E-state index is 0.103. The third-order valence-electron chi connectivity index (χ3n) is 1.84. The Morgan fingerprint density at radius 2 is 2.00 bits per heavy atom. The zero-order chi connectivity index (χ0) is 11.1. The Balaban J connectivity index is 3.97. The fourth-order valence-electron chi connectivity index (χ4n) is 1.15. The molecule has 5 nitrogen and oxygen atoms in total. The number of carbonyl (C=O) groups excluding carboxylic acids is 1. The quantitative estimate of drug-likeness (QED) is 0.556. The first kappa shape index (κ1) is 12.9. The Labute approximate surface area is 83.7 Å². The van der Waals surface area contributed by atoms with E-state index < -0.39 is 11.9 Å². The van der Waals surface area contributed by atoms with Gasteiger partial charge in [-0.05, 0) is 12.3 Å². The zero-order valence-electron chi connectivity index (χ0n) is 8.62. The van der Waals surface area contributed by atoms with Gasteiger partial charge in [0, 0.05) is 6.54 Å². The van der Waals surface area contributed by atoms with E-state index in [1.807, 2.05) is 13.8 Å². The predicted molar refractivity (Wildman–Crippen MR) is 52.6 cm³/mol. The molecule has 1 amide bonds. The largest absolute Gasteiger partial charge is 0.481 e. The lowest BCUT2D eigenvalue weighted by Crippen LogP contribution is -2.37. The average molecular weight is 202 g/mol. The molecule has 0 aromatic carbocycles. The van der Waals surface area contributed by atoms with Crippen LogP contribution in [-0.2, 0) is 9.59 Å². The molecule has 0 spiro atoms. The maximum Gasteiger partial charge on any atom is 0.308 e. The first-order valence-corrected chi connectivity index (χ1v) is 4.67. The molecule has 0 saturated heterocycles. The van der Waals surface area contributed by atoms with Gasteiger partial charge in [0.05, 0.1) is 12.5 Å². The lowest BCUT2D eigenvalue weighted by atomic mass is 9.97. The molecule has 14 heavy (non-hydrogen) atoms. The first-order valence-electron chi connectivity index (χ1n) is 4.67. The van der Waals surface area contributed by atoms with Gasteiger partial charge in [-0.25, -0.2) is 0 Å². The van der Waals surface area contributed by atoms with Crippen molar-refractivity contribution in [3.8, 4) is 0 Å². The maximum atomic E-state index is 10.8. The molecule has 4 N–H and O–H groups in total. The van der Waals surface area contributed by atoms with Gasteiger partial charge < -0.3 is 16.2 Å². The van der Waals surface area contributed by atoms with Gasteiger partial charge in [0.2, 0.25) is 5.91 Å². The smallest absolute Gasteiger partial charge is 0.308 e. The number of hydrogen-bond acceptors (Lipinski definition) is 3. The molecule has 0 rings (SSSR count). The number of hydrogen-bond donors (Lipinski definition) is 3. The highest BCUT2D eigenvalue weighted by atomic mass is 16.4. The van der Waals surface area contributed by atoms with E-state index in [9.17, 15) is 9.59 Å². The molecular formula is C9H18N2O3. The minimum atomic E-state index is -0.879. The van der Waals surface area contributed by atoms with E-state index in [0.29, 0.717) is 12.3 Å². The number of nitrogens with two attached hydrogens (primary N) is 1. The van der Waals surface area contributed by atoms with Crippen molar-refractivity contribution in [3.63, 3.8) is 0 Å². The Bertz CT molecular complexity index is 204. The molecule has 0 aliphatic carbocycles. The van der Waals surface area contributed by atoms with Gasteiger partial charge in [-0.1, -0.05) is 13.8 Å². The van der Waals surface area contributed by atoms with Gasteiger partial charge in [-0.3, -0.25) is 9.59 Å². The van der Waals surface area contributed by atoms with Crippen LogP contribution in [0.5, 0.6) is 0 Å². The fraction of sp³-hybridized carbons (Fsp3) is 0.778. The summed E-state index contributed by atoms with van der Waals surface area (Å²) in [7, 11) is 0. The predicted octanol–water partition coefficient (Wildman–Crippen LogP) is -0.192. The summed E-state index contributed by atoms with van der Waals surface area (Å²) in [6.45, 7) is 3.94. The summed E-state index contributed by atoms with van der Waals surface area (Å²) < 4.78 is 0. The van der Waals surface area contributed by atoms with Crippen LogP contribution in [0.4, 0.5) is 0 Å². The second kappa shape index (κ2) is 6.37. The van der Waals surface area contributed by atoms with Gasteiger partial charge in [0.1, 0.15) is 0 Å². The molecule has 1 atom stereocenters. The SMILES string of the molecule is CC(C)CC(CNC(=O)CN)C(=O)O. The normalized spacial score (nSPS) is 12.6. The standard InChI is InChI=1S/C9H18N2O3/c1-6(2)3-7(9(13)14)5-11-8(12)4-10/h6-7H,3-5,10H2,1-2H3,(H,11,12)(H,13,14). The molecule has 0 aliphatic heterocycles. The molecule has 0 bridgehead atoms. The van der Waals surface area contributed by atoms with Gasteiger partial charge in [-0.2, -0.15) is 0 Å². The Hall–Kier alpha value is -1.10. The van der Waals surface area contributed by atoms with Crippen molar-refractivity contribution in [2.45, 2.75) is 20.3 Å². The molecule has 0 aromatic rings. The summed E-state index contributed by atoms with van der Waals surface area (Å²) in [5.74, 6) is -1.42. The molecule has 0 fully saturated rings. The van der Waals surface area contributed by atoms with Crippen LogP contribution in [0.1, 0.15) is 20.3 Å². The van der Waals surface area contributed by atoms with Gasteiger partial charge in [0.15, 0.2) is 0 Å². The number of nitrogens with one attached hydrogen (secondary N) is 1. The number of carboxylic acid groups (broad SMARTS) is 1. The Morgan fingerprint density at radius 1 is 1.43 bits per heavy atom. The van der Waals surface area contributed by atoms with Crippen LogP contribution in [0, 0.1) is 11.8 Å². The monoisotopic (exact) mass is 202 g/mol. The van der Waals surface area contributed by atoms with Crippen LogP contribution in [-0.4, -0.2) is 30.1 Å². The van der Waals surface area contributed by atoms with Gasteiger partial charge in [0.25, 0.3) is 0 Å². The third-order valence-corrected chi connectivity index (χ3v) is 1.84. The van der Waals surface area contributed by atoms with Gasteiger partial charge in [-0.15, -0.1) is 0 Å². The van der Waals surface area contributed by atoms with Crippen LogP contribution >= 0.6 is 0 Å². The summed E-state index contributed by atoms with van der Waals surface area (Å²) in [4.78, 5) is 21.5. The highest BCUT2D eigenvalue weighted by Gasteiger charge is 2.19. The molecular weight excluding hydrogens is 184 g/mol. The van der Waals surface area contributed by atoms with E-state index in [4.69, 9.17) is 10.8 Å². The molecule has 0 aliphatic rings. The third kappa shape index (κ3) is 5.53. The lowest BCUT2D eigenvalue weighted by molar-refractivity contribution is -0.142. The van der Waals surface area contributed by atoms with E-state index in [1.54, 1.807) is 0 Å². The van der Waals surface area contributed by atoms with Crippen LogP contribution in [0.2, 0.25) is 0 Å². The molecule has 1 unspecified atom stereocenters. The lowest BCUT2D eigenvalue weighted by Gasteiger charge is -2.14. The zero-order valence-corrected chi connectivity index (χ0v) is 8.62. The van der Waals surface area contributed by atoms with E-state index in [0.717, 1.165) is 0 Å². The van der Waals surface area contributed by atoms with Crippen molar-refractivity contribution in [2.75, 3.05) is 13.1 Å². The Kier molecular flexibility index (Phi) is 5.87. The van der Waals surface area contributed by atoms with Crippen molar-refractivity contribution in [1.82, 2.24) is 5.32 Å². The molecule has 82 valence electrons. The number of carboxylic acids is 1. The number of aliphatic carboxylic acids is 1. The highest BCUT2D eigenvalue weighted by Crippen LogP contribution is 2.10. The van der Waals surface area contributed by atoms with E-state index in [-0.39, 0.29) is 19.0 Å². The van der Waals surface area contributed by atoms with Crippen LogP contribution in [0.15, 0.2) is 0 Å². The van der Waals surface area contributed by atoms with Gasteiger partial charge >= 0.3 is 5.97 Å². The van der Waals surface area contributed by atoms with E-state index in [2.05, 4.69) is 5.32 Å². The molecule has 0 radical (unpaired) electrons. The number of amides is 1. The molecule has 0 heterocycles. The topological polar surface area (TPSA) is 92.4 Å². The summed E-state index contributed by atoms with van der Waals surface area (Å²) in [6.07, 6.45) is 0.556. The summed E-state index contributed by atoms with van der Waals surface area (Å²) >= 11 is 0. The second-order valence-electron chi connectivity index (χ2n) is 3.67. The number of carbonyl (C=O) groups is 2. The summed E-state index contributed by atoms with van der Waals surface area (Å²) in [5.41, 5.74) is 5.08. The Morgan fingerprint density at radius 3 is 2.36 bits per heavy atom. The average Bonchev–Trinajstić information content (AvgIpc) is 2.10. The van der Waals surface area contributed by atoms with Crippen molar-refractivity contribution in [2.24, 2.45) is 17.6 Å². The van der Waals surface area contributed by atoms with Crippen molar-refractivity contribution < 1.29 is 14.7 Å². The first-order chi connectivity index (χ1) is 6.47. The van der Waals surface area contributed by atoms with Crippen molar-refractivity contribution >= 4 is 11.9 Å². The molecule has 0 aromatic heterocycles. The van der Waals surface area contributed by atoms with Crippen molar-refractivity contribution in [1.29, 1.82) is 0 Å². The number of rotatable bonds is 6. The van der Waals surface area contributed by atoms with Crippen LogP contribution < -0.4 is 11.1 Å². The van der Waals surface area contributed by atoms with E-state index in [1.165, 1.54) is 0 Å². The minimum Gasteiger partial charge on any atom is -0.481 e. The van der Waals surface area contributed by atoms with Crippen LogP contribution in [0.25, 0.3) is 0 Å². The summed E-state index contributed by atoms with van der Waals surface area (Å²) in [5, 5.41) is 11.3. The van der Waals surface area contributed by atoms with E-state index >= 15 is 0 Å². The molecule has 0 saturated carbocycles. The van der Waals surface area contributed by atoms with Crippen molar-refractivity contribution in [3.05, 3.63) is 0 Å². The second-order valence-corrected chi connectivity index (χ2v) is 3.67. The highest BCUT2D eigenvalue weighted by molar-refractivity contribution is 5.78. The fourth-order valence-corrected chi connectivity index (χ4v) is 1.15. The van der Waals surface area contributed by atoms with Crippen LogP contribution in [0.3, 0.4) is 0 Å². The molecule has 5 heteroatoms.